The van der Waals surface area contributed by atoms with Gasteiger partial charge in [-0.2, -0.15) is 0 Å². The molecule has 0 saturated carbocycles. The summed E-state index contributed by atoms with van der Waals surface area (Å²) in [6, 6.07) is 1.64. The van der Waals surface area contributed by atoms with Crippen molar-refractivity contribution in [3.05, 3.63) is 25.5 Å². The Kier molecular flexibility index (Phi) is 4.77. The summed E-state index contributed by atoms with van der Waals surface area (Å²) in [6.07, 6.45) is 1.64. The number of hydrogen-bond donors (Lipinski definition) is 3. The smallest absolute Gasteiger partial charge is 0.264 e. The van der Waals surface area contributed by atoms with Crippen LogP contribution in [0.4, 0.5) is 0 Å². The van der Waals surface area contributed by atoms with Crippen molar-refractivity contribution in [2.24, 2.45) is 0 Å². The first-order valence-corrected chi connectivity index (χ1v) is 7.97. The zero-order valence-electron chi connectivity index (χ0n) is 10.3. The molecule has 1 amide bonds. The van der Waals surface area contributed by atoms with Crippen molar-refractivity contribution < 1.29 is 14.6 Å². The largest absolute Gasteiger partial charge is 0.503 e. The van der Waals surface area contributed by atoms with Crippen LogP contribution < -0.4 is 10.1 Å². The average molecular weight is 422 g/mol. The molecule has 1 heterocycles. The molecule has 5 nitrogen and oxygen atoms in total. The van der Waals surface area contributed by atoms with E-state index in [0.717, 1.165) is 11.8 Å². The number of halogens is 2. The number of rotatable bonds is 3. The molecule has 1 aliphatic heterocycles. The van der Waals surface area contributed by atoms with Crippen molar-refractivity contribution >= 4 is 60.8 Å². The summed E-state index contributed by atoms with van der Waals surface area (Å²) in [7, 11) is 0. The lowest BCUT2D eigenvalue weighted by Gasteiger charge is -2.11. The zero-order valence-corrected chi connectivity index (χ0v) is 14.3. The van der Waals surface area contributed by atoms with Crippen LogP contribution in [-0.4, -0.2) is 22.8 Å². The third-order valence-corrected chi connectivity index (χ3v) is 5.41. The van der Waals surface area contributed by atoms with Gasteiger partial charge in [0.05, 0.1) is 16.0 Å². The van der Waals surface area contributed by atoms with Gasteiger partial charge in [-0.1, -0.05) is 0 Å². The van der Waals surface area contributed by atoms with E-state index in [9.17, 15) is 9.90 Å². The number of phenols is 1. The number of ether oxygens (including phenoxy) is 1. The van der Waals surface area contributed by atoms with Gasteiger partial charge >= 0.3 is 0 Å². The molecule has 2 rings (SSSR count). The Labute approximate surface area is 136 Å². The first-order valence-electron chi connectivity index (χ1n) is 5.57. The number of thioether (sulfide) groups is 1. The molecule has 20 heavy (non-hydrogen) atoms. The van der Waals surface area contributed by atoms with Crippen LogP contribution >= 0.6 is 43.6 Å². The lowest BCUT2D eigenvalue weighted by molar-refractivity contribution is -0.115. The summed E-state index contributed by atoms with van der Waals surface area (Å²) < 4.78 is 6.41. The first-order chi connectivity index (χ1) is 9.43. The van der Waals surface area contributed by atoms with Gasteiger partial charge in [-0.05, 0) is 68.3 Å². The van der Waals surface area contributed by atoms with Gasteiger partial charge in [0.15, 0.2) is 16.7 Å². The van der Waals surface area contributed by atoms with E-state index in [-0.39, 0.29) is 16.8 Å². The second-order valence-corrected chi connectivity index (χ2v) is 6.41. The van der Waals surface area contributed by atoms with E-state index < -0.39 is 0 Å². The van der Waals surface area contributed by atoms with E-state index in [0.29, 0.717) is 31.8 Å². The van der Waals surface area contributed by atoms with E-state index >= 15 is 0 Å². The highest BCUT2D eigenvalue weighted by atomic mass is 79.9. The zero-order chi connectivity index (χ0) is 14.9. The van der Waals surface area contributed by atoms with Gasteiger partial charge in [0.25, 0.3) is 5.91 Å². The maximum absolute atomic E-state index is 11.6. The minimum absolute atomic E-state index is 0.00264. The number of aromatic hydroxyl groups is 1. The van der Waals surface area contributed by atoms with Crippen molar-refractivity contribution in [1.82, 2.24) is 5.32 Å². The molecule has 1 aromatic carbocycles. The number of benzene rings is 1. The number of hydrogen-bond acceptors (Lipinski definition) is 5. The fourth-order valence-electron chi connectivity index (χ4n) is 1.57. The van der Waals surface area contributed by atoms with Crippen molar-refractivity contribution in [1.29, 1.82) is 5.41 Å². The molecule has 0 aliphatic carbocycles. The molecule has 1 saturated heterocycles. The van der Waals surface area contributed by atoms with Crippen LogP contribution in [0.5, 0.6) is 11.5 Å². The Balaban J connectivity index is 2.49. The molecule has 1 aliphatic rings. The van der Waals surface area contributed by atoms with E-state index in [1.807, 2.05) is 6.92 Å². The van der Waals surface area contributed by atoms with Crippen molar-refractivity contribution in [2.75, 3.05) is 6.61 Å². The summed E-state index contributed by atoms with van der Waals surface area (Å²) in [6.45, 7) is 2.23. The third kappa shape index (κ3) is 3.02. The molecule has 106 valence electrons. The molecular weight excluding hydrogens is 412 g/mol. The molecule has 3 N–H and O–H groups in total. The van der Waals surface area contributed by atoms with Crippen LogP contribution in [0.25, 0.3) is 6.08 Å². The van der Waals surface area contributed by atoms with Crippen LogP contribution in [0.15, 0.2) is 19.9 Å². The summed E-state index contributed by atoms with van der Waals surface area (Å²) in [5.74, 6) is 0.0131. The van der Waals surface area contributed by atoms with Crippen LogP contribution in [0.2, 0.25) is 0 Å². The SMILES string of the molecule is CCOc1cc(/C=C2\SC(=N)NC2=O)c(Br)c(Br)c1O. The highest BCUT2D eigenvalue weighted by molar-refractivity contribution is 9.13. The predicted octanol–water partition coefficient (Wildman–Crippen LogP) is 3.45. The quantitative estimate of drug-likeness (QED) is 0.652. The third-order valence-electron chi connectivity index (χ3n) is 2.42. The normalized spacial score (nSPS) is 16.6. The Bertz CT molecular complexity index is 632. The van der Waals surface area contributed by atoms with Gasteiger partial charge in [0.1, 0.15) is 0 Å². The van der Waals surface area contributed by atoms with Crippen LogP contribution in [0.3, 0.4) is 0 Å². The van der Waals surface area contributed by atoms with Gasteiger partial charge in [0, 0.05) is 4.47 Å². The summed E-state index contributed by atoms with van der Waals surface area (Å²) in [4.78, 5) is 12.0. The Morgan fingerprint density at radius 2 is 2.20 bits per heavy atom. The summed E-state index contributed by atoms with van der Waals surface area (Å²) in [5.41, 5.74) is 0.672. The number of amidine groups is 1. The highest BCUT2D eigenvalue weighted by Gasteiger charge is 2.23. The molecule has 0 aromatic heterocycles. The second-order valence-electron chi connectivity index (χ2n) is 3.77. The minimum atomic E-state index is -0.311. The molecule has 0 unspecified atom stereocenters. The number of phenolic OH excluding ortho intramolecular Hbond substituents is 1. The van der Waals surface area contributed by atoms with Crippen LogP contribution in [-0.2, 0) is 4.79 Å². The van der Waals surface area contributed by atoms with E-state index in [2.05, 4.69) is 37.2 Å². The number of amides is 1. The molecule has 0 bridgehead atoms. The molecule has 1 aromatic rings. The molecular formula is C12H10Br2N2O3S. The Morgan fingerprint density at radius 3 is 2.75 bits per heavy atom. The standard InChI is InChI=1S/C12H10Br2N2O3S/c1-2-19-6-3-5(8(13)9(14)10(6)17)4-7-11(18)16-12(15)20-7/h3-4,17H,2H2,1H3,(H2,15,16,18)/b7-4-. The highest BCUT2D eigenvalue weighted by Crippen LogP contribution is 2.43. The number of carbonyl (C=O) groups excluding carboxylic acids is 1. The summed E-state index contributed by atoms with van der Waals surface area (Å²) >= 11 is 7.68. The van der Waals surface area contributed by atoms with E-state index in [1.54, 1.807) is 12.1 Å². The Morgan fingerprint density at radius 1 is 1.50 bits per heavy atom. The van der Waals surface area contributed by atoms with Crippen LogP contribution in [0.1, 0.15) is 12.5 Å². The lowest BCUT2D eigenvalue weighted by atomic mass is 10.2. The van der Waals surface area contributed by atoms with Gasteiger partial charge in [0.2, 0.25) is 0 Å². The molecule has 1 fully saturated rings. The van der Waals surface area contributed by atoms with E-state index in [4.69, 9.17) is 10.1 Å². The van der Waals surface area contributed by atoms with E-state index in [1.165, 1.54) is 0 Å². The van der Waals surface area contributed by atoms with Crippen LogP contribution in [0, 0.1) is 5.41 Å². The molecule has 0 radical (unpaired) electrons. The maximum atomic E-state index is 11.6. The van der Waals surface area contributed by atoms with Crippen molar-refractivity contribution in [3.63, 3.8) is 0 Å². The second kappa shape index (κ2) is 6.19. The van der Waals surface area contributed by atoms with Gasteiger partial charge < -0.3 is 15.2 Å². The van der Waals surface area contributed by atoms with Crippen molar-refractivity contribution in [3.8, 4) is 11.5 Å². The first kappa shape index (κ1) is 15.4. The maximum Gasteiger partial charge on any atom is 0.264 e. The summed E-state index contributed by atoms with van der Waals surface area (Å²) in [5, 5.41) is 19.9. The lowest BCUT2D eigenvalue weighted by Crippen LogP contribution is -2.18. The van der Waals surface area contributed by atoms with Crippen molar-refractivity contribution in [2.45, 2.75) is 6.92 Å². The monoisotopic (exact) mass is 420 g/mol. The fourth-order valence-corrected chi connectivity index (χ4v) is 3.10. The predicted molar refractivity (Wildman–Crippen MR) is 86.1 cm³/mol. The topological polar surface area (TPSA) is 82.4 Å². The van der Waals surface area contributed by atoms with Gasteiger partial charge in [-0.15, -0.1) is 0 Å². The minimum Gasteiger partial charge on any atom is -0.503 e. The number of nitrogens with one attached hydrogen (secondary N) is 2. The Hall–Kier alpha value is -0.990. The fraction of sp³-hybridized carbons (Fsp3) is 0.167. The molecule has 0 atom stereocenters. The van der Waals surface area contributed by atoms with Gasteiger partial charge in [-0.25, -0.2) is 0 Å². The number of carbonyl (C=O) groups is 1. The molecule has 0 spiro atoms. The van der Waals surface area contributed by atoms with Gasteiger partial charge in [-0.3, -0.25) is 10.2 Å². The molecule has 8 heteroatoms. The average Bonchev–Trinajstić information content (AvgIpc) is 2.71.